The molecule has 0 fully saturated rings. The quantitative estimate of drug-likeness (QED) is 0.293. The summed E-state index contributed by atoms with van der Waals surface area (Å²) in [7, 11) is 1.46. The lowest BCUT2D eigenvalue weighted by molar-refractivity contribution is -0.125. The Balaban J connectivity index is 1.68. The van der Waals surface area contributed by atoms with Crippen molar-refractivity contribution in [3.8, 4) is 17.2 Å². The number of benzene rings is 2. The van der Waals surface area contributed by atoms with Gasteiger partial charge in [0.2, 0.25) is 5.91 Å². The molecule has 0 radical (unpaired) electrons. The molecule has 0 aliphatic rings. The maximum atomic E-state index is 11.0. The number of hydrogen-bond acceptors (Lipinski definition) is 8. The molecule has 0 heterocycles. The molecule has 1 amide bonds. The normalized spacial score (nSPS) is 11.4. The lowest BCUT2D eigenvalue weighted by atomic mass is 10.3. The Morgan fingerprint density at radius 2 is 1.90 bits per heavy atom. The Labute approximate surface area is 169 Å². The van der Waals surface area contributed by atoms with Crippen LogP contribution in [0.15, 0.2) is 48.5 Å². The highest BCUT2D eigenvalue weighted by molar-refractivity contribution is 5.72. The van der Waals surface area contributed by atoms with E-state index in [0.717, 1.165) is 5.75 Å². The van der Waals surface area contributed by atoms with Crippen LogP contribution in [-0.4, -0.2) is 50.5 Å². The summed E-state index contributed by atoms with van der Waals surface area (Å²) in [4.78, 5) is 21.1. The maximum absolute atomic E-state index is 11.0. The van der Waals surface area contributed by atoms with Crippen LogP contribution in [0.1, 0.15) is 6.92 Å². The van der Waals surface area contributed by atoms with Crippen molar-refractivity contribution in [3.63, 3.8) is 0 Å². The van der Waals surface area contributed by atoms with E-state index in [1.54, 1.807) is 18.2 Å². The number of anilines is 1. The molecule has 0 aliphatic heterocycles. The summed E-state index contributed by atoms with van der Waals surface area (Å²) >= 11 is 0. The van der Waals surface area contributed by atoms with E-state index in [1.165, 1.54) is 14.0 Å². The van der Waals surface area contributed by atoms with Gasteiger partial charge < -0.3 is 24.7 Å². The van der Waals surface area contributed by atoms with E-state index in [-0.39, 0.29) is 12.5 Å². The van der Waals surface area contributed by atoms with E-state index in [9.17, 15) is 9.90 Å². The number of rotatable bonds is 13. The van der Waals surface area contributed by atoms with Gasteiger partial charge in [-0.1, -0.05) is 18.2 Å². The van der Waals surface area contributed by atoms with Crippen LogP contribution in [0.3, 0.4) is 0 Å². The highest BCUT2D eigenvalue weighted by Crippen LogP contribution is 2.28. The zero-order chi connectivity index (χ0) is 20.9. The Morgan fingerprint density at radius 3 is 2.62 bits per heavy atom. The molecule has 0 aromatic heterocycles. The monoisotopic (exact) mass is 405 g/mol. The first-order valence-electron chi connectivity index (χ1n) is 9.14. The summed E-state index contributed by atoms with van der Waals surface area (Å²) in [5.74, 6) is 1.38. The van der Waals surface area contributed by atoms with Crippen LogP contribution >= 0.6 is 0 Å². The average molecular weight is 405 g/mol. The van der Waals surface area contributed by atoms with E-state index in [0.29, 0.717) is 36.9 Å². The van der Waals surface area contributed by atoms with E-state index in [4.69, 9.17) is 19.1 Å². The molecule has 158 valence electrons. The Bertz CT molecular complexity index is 744. The summed E-state index contributed by atoms with van der Waals surface area (Å²) < 4.78 is 11.2. The third kappa shape index (κ3) is 8.69. The molecule has 0 saturated carbocycles. The largest absolute Gasteiger partial charge is 0.492 e. The number of nitrogens with one attached hydrogen (secondary N) is 3. The lowest BCUT2D eigenvalue weighted by Crippen LogP contribution is -2.33. The third-order valence-corrected chi connectivity index (χ3v) is 3.58. The molecule has 2 aromatic rings. The van der Waals surface area contributed by atoms with Crippen molar-refractivity contribution >= 4 is 11.6 Å². The van der Waals surface area contributed by atoms with E-state index < -0.39 is 6.10 Å². The summed E-state index contributed by atoms with van der Waals surface area (Å²) in [5, 5.41) is 13.1. The molecule has 4 N–H and O–H groups in total. The van der Waals surface area contributed by atoms with Gasteiger partial charge in [0.05, 0.1) is 7.11 Å². The minimum Gasteiger partial charge on any atom is -0.492 e. The summed E-state index contributed by atoms with van der Waals surface area (Å²) in [6.07, 6.45) is -0.627. The van der Waals surface area contributed by atoms with Gasteiger partial charge in [-0.15, -0.1) is 0 Å². The van der Waals surface area contributed by atoms with Crippen molar-refractivity contribution in [2.45, 2.75) is 13.0 Å². The van der Waals surface area contributed by atoms with Crippen molar-refractivity contribution in [2.24, 2.45) is 0 Å². The second-order valence-electron chi connectivity index (χ2n) is 6.05. The van der Waals surface area contributed by atoms with E-state index in [2.05, 4.69) is 16.3 Å². The van der Waals surface area contributed by atoms with Gasteiger partial charge in [-0.25, -0.2) is 0 Å². The molecule has 0 spiro atoms. The van der Waals surface area contributed by atoms with Crippen molar-refractivity contribution in [3.05, 3.63) is 48.5 Å². The summed E-state index contributed by atoms with van der Waals surface area (Å²) in [5.41, 5.74) is 5.42. The number of carbonyl (C=O) groups is 1. The predicted molar refractivity (Wildman–Crippen MR) is 108 cm³/mol. The number of para-hydroxylation sites is 1. The van der Waals surface area contributed by atoms with Crippen LogP contribution in [0.4, 0.5) is 5.69 Å². The molecule has 0 aliphatic carbocycles. The molecule has 9 nitrogen and oxygen atoms in total. The second kappa shape index (κ2) is 12.4. The van der Waals surface area contributed by atoms with Gasteiger partial charge in [-0.05, 0) is 24.3 Å². The van der Waals surface area contributed by atoms with Crippen LogP contribution in [0.2, 0.25) is 0 Å². The van der Waals surface area contributed by atoms with E-state index in [1.807, 2.05) is 30.3 Å². The lowest BCUT2D eigenvalue weighted by Gasteiger charge is -2.15. The highest BCUT2D eigenvalue weighted by Gasteiger charge is 2.08. The molecule has 0 bridgehead atoms. The molecule has 1 atom stereocenters. The molecular formula is C20H27N3O6. The predicted octanol–water partition coefficient (Wildman–Crippen LogP) is 1.50. The number of aliphatic hydroxyl groups is 1. The number of carbonyl (C=O) groups excluding carboxylic acids is 1. The molecule has 9 heteroatoms. The number of hydrogen-bond donors (Lipinski definition) is 4. The molecule has 0 unspecified atom stereocenters. The number of aliphatic hydroxyl groups excluding tert-OH is 1. The Kier molecular flexibility index (Phi) is 9.56. The van der Waals surface area contributed by atoms with Gasteiger partial charge in [0.15, 0.2) is 5.75 Å². The third-order valence-electron chi connectivity index (χ3n) is 3.58. The van der Waals surface area contributed by atoms with Gasteiger partial charge in [0, 0.05) is 26.1 Å². The number of amides is 1. The Morgan fingerprint density at radius 1 is 1.10 bits per heavy atom. The van der Waals surface area contributed by atoms with Crippen LogP contribution in [0, 0.1) is 0 Å². The molecular weight excluding hydrogens is 378 g/mol. The topological polar surface area (TPSA) is 110 Å². The van der Waals surface area contributed by atoms with Crippen LogP contribution in [-0.2, 0) is 9.63 Å². The first kappa shape index (κ1) is 22.3. The smallest absolute Gasteiger partial charge is 0.249 e. The number of hydroxylamine groups is 1. The first-order chi connectivity index (χ1) is 14.1. The van der Waals surface area contributed by atoms with Gasteiger partial charge in [-0.3, -0.25) is 15.1 Å². The average Bonchev–Trinajstić information content (AvgIpc) is 2.72. The first-order valence-corrected chi connectivity index (χ1v) is 9.14. The summed E-state index contributed by atoms with van der Waals surface area (Å²) in [6, 6.07) is 14.4. The van der Waals surface area contributed by atoms with Gasteiger partial charge >= 0.3 is 0 Å². The highest BCUT2D eigenvalue weighted by atomic mass is 16.7. The van der Waals surface area contributed by atoms with Gasteiger partial charge in [0.25, 0.3) is 0 Å². The minimum atomic E-state index is -0.627. The van der Waals surface area contributed by atoms with Crippen molar-refractivity contribution in [2.75, 3.05) is 38.9 Å². The SMILES string of the molecule is CONc1cc(OCCNC[C@H](O)COc2ccccc2)ccc1ONC(C)=O. The fourth-order valence-corrected chi connectivity index (χ4v) is 2.28. The fourth-order valence-electron chi connectivity index (χ4n) is 2.28. The van der Waals surface area contributed by atoms with Crippen LogP contribution < -0.4 is 30.6 Å². The van der Waals surface area contributed by atoms with Gasteiger partial charge in [-0.2, -0.15) is 5.48 Å². The second-order valence-corrected chi connectivity index (χ2v) is 6.05. The number of ether oxygens (including phenoxy) is 2. The molecule has 0 saturated heterocycles. The van der Waals surface area contributed by atoms with Crippen LogP contribution in [0.25, 0.3) is 0 Å². The van der Waals surface area contributed by atoms with Gasteiger partial charge in [0.1, 0.15) is 36.5 Å². The molecule has 29 heavy (non-hydrogen) atoms. The summed E-state index contributed by atoms with van der Waals surface area (Å²) in [6.45, 7) is 2.87. The molecule has 2 rings (SSSR count). The van der Waals surface area contributed by atoms with Crippen LogP contribution in [0.5, 0.6) is 17.2 Å². The van der Waals surface area contributed by atoms with Crippen molar-refractivity contribution in [1.29, 1.82) is 0 Å². The van der Waals surface area contributed by atoms with Crippen molar-refractivity contribution in [1.82, 2.24) is 10.8 Å². The molecule has 2 aromatic carbocycles. The van der Waals surface area contributed by atoms with E-state index >= 15 is 0 Å². The maximum Gasteiger partial charge on any atom is 0.249 e. The fraction of sp³-hybridized carbons (Fsp3) is 0.350. The Hall–Kier alpha value is -3.01. The van der Waals surface area contributed by atoms with Crippen molar-refractivity contribution < 1.29 is 29.0 Å². The standard InChI is InChI=1S/C20H27N3O6/c1-15(24)22-29-20-9-8-18(12-19(20)23-26-2)27-11-10-21-13-16(25)14-28-17-6-4-3-5-7-17/h3-9,12,16,21,23,25H,10-11,13-14H2,1-2H3,(H,22,24)/t16-/m0/s1. The minimum absolute atomic E-state index is 0.208. The zero-order valence-electron chi connectivity index (χ0n) is 16.5. The zero-order valence-corrected chi connectivity index (χ0v) is 16.5.